The molecule has 28 heavy (non-hydrogen) atoms. The third kappa shape index (κ3) is 5.45. The van der Waals surface area contributed by atoms with Crippen molar-refractivity contribution in [1.82, 2.24) is 0 Å². The molecule has 3 rings (SSSR count). The zero-order valence-corrected chi connectivity index (χ0v) is 18.8. The van der Waals surface area contributed by atoms with E-state index in [2.05, 4.69) is 49.9 Å². The molecule has 0 aliphatic carbocycles. The summed E-state index contributed by atoms with van der Waals surface area (Å²) in [7, 11) is 4.10. The predicted octanol–water partition coefficient (Wildman–Crippen LogP) is 5.77. The molecule has 4 heteroatoms. The van der Waals surface area contributed by atoms with E-state index in [1.54, 1.807) is 0 Å². The molecule has 3 nitrogen and oxygen atoms in total. The summed E-state index contributed by atoms with van der Waals surface area (Å²) in [6, 6.07) is 14.5. The second kappa shape index (κ2) is 10.8. The Morgan fingerprint density at radius 1 is 1.07 bits per heavy atom. The van der Waals surface area contributed by atoms with Gasteiger partial charge in [0, 0.05) is 42.0 Å². The minimum atomic E-state index is -0.400. The van der Waals surface area contributed by atoms with Crippen LogP contribution in [0.5, 0.6) is 0 Å². The van der Waals surface area contributed by atoms with Crippen LogP contribution in [0.3, 0.4) is 0 Å². The molecule has 1 aliphatic heterocycles. The number of anilines is 2. The number of nitrogen functional groups attached to an aromatic ring is 1. The molecule has 3 N–H and O–H groups in total. The Kier molecular flexibility index (Phi) is 8.71. The molecule has 0 spiro atoms. The highest BCUT2D eigenvalue weighted by Crippen LogP contribution is 2.44. The van der Waals surface area contributed by atoms with E-state index in [1.807, 2.05) is 44.1 Å². The van der Waals surface area contributed by atoms with Crippen LogP contribution in [-0.2, 0) is 0 Å². The molecule has 0 fully saturated rings. The Bertz CT molecular complexity index is 745. The minimum absolute atomic E-state index is 0.0386. The highest BCUT2D eigenvalue weighted by Gasteiger charge is 2.34. The molecule has 0 amide bonds. The molecular weight excluding hydrogens is 364 g/mol. The van der Waals surface area contributed by atoms with Crippen molar-refractivity contribution in [2.75, 3.05) is 30.5 Å². The normalized spacial score (nSPS) is 21.1. The molecule has 2 aromatic carbocycles. The Hall–Kier alpha value is -1.65. The number of hydrogen-bond donors (Lipinski definition) is 2. The highest BCUT2D eigenvalue weighted by atomic mass is 32.2. The fourth-order valence-electron chi connectivity index (χ4n) is 3.43. The molecule has 0 bridgehead atoms. The third-order valence-electron chi connectivity index (χ3n) is 5.42. The van der Waals surface area contributed by atoms with E-state index in [-0.39, 0.29) is 11.8 Å². The summed E-state index contributed by atoms with van der Waals surface area (Å²) in [5, 5.41) is 11.2. The number of thioether (sulfide) groups is 1. The summed E-state index contributed by atoms with van der Waals surface area (Å²) < 4.78 is 0. The molecular formula is C24H36N2OS. The van der Waals surface area contributed by atoms with Crippen LogP contribution < -0.4 is 10.6 Å². The van der Waals surface area contributed by atoms with Crippen LogP contribution in [0, 0.1) is 5.92 Å². The van der Waals surface area contributed by atoms with Crippen molar-refractivity contribution < 1.29 is 5.11 Å². The maximum absolute atomic E-state index is 11.2. The van der Waals surface area contributed by atoms with Gasteiger partial charge in [-0.3, -0.25) is 0 Å². The first-order valence-corrected chi connectivity index (χ1v) is 11.4. The number of hydrogen-bond acceptors (Lipinski definition) is 4. The van der Waals surface area contributed by atoms with Crippen LogP contribution >= 0.6 is 11.8 Å². The molecule has 3 atom stereocenters. The smallest absolute Gasteiger partial charge is 0.0685 e. The van der Waals surface area contributed by atoms with Gasteiger partial charge in [-0.15, -0.1) is 11.8 Å². The highest BCUT2D eigenvalue weighted by molar-refractivity contribution is 7.99. The van der Waals surface area contributed by atoms with E-state index < -0.39 is 6.10 Å². The largest absolute Gasteiger partial charge is 0.399 e. The summed E-state index contributed by atoms with van der Waals surface area (Å²) in [5.41, 5.74) is 10.2. The van der Waals surface area contributed by atoms with E-state index in [9.17, 15) is 5.11 Å². The number of benzene rings is 2. The molecule has 0 radical (unpaired) electrons. The molecule has 0 saturated carbocycles. The molecule has 3 unspecified atom stereocenters. The number of nitrogens with two attached hydrogens (primary N) is 1. The molecule has 0 aromatic heterocycles. The van der Waals surface area contributed by atoms with Gasteiger partial charge < -0.3 is 15.7 Å². The second-order valence-corrected chi connectivity index (χ2v) is 8.80. The summed E-state index contributed by atoms with van der Waals surface area (Å²) in [4.78, 5) is 3.37. The second-order valence-electron chi connectivity index (χ2n) is 7.73. The lowest BCUT2D eigenvalue weighted by Crippen LogP contribution is -2.28. The number of aliphatic hydroxyl groups is 1. The van der Waals surface area contributed by atoms with Crippen molar-refractivity contribution in [3.05, 3.63) is 53.6 Å². The molecule has 2 aromatic rings. The molecule has 1 aliphatic rings. The minimum Gasteiger partial charge on any atom is -0.399 e. The summed E-state index contributed by atoms with van der Waals surface area (Å²) >= 11 is 1.86. The number of aliphatic hydroxyl groups excluding tert-OH is 1. The van der Waals surface area contributed by atoms with Crippen LogP contribution in [0.2, 0.25) is 0 Å². The Balaban J connectivity index is 0.000000640. The van der Waals surface area contributed by atoms with Gasteiger partial charge in [-0.25, -0.2) is 0 Å². The lowest BCUT2D eigenvalue weighted by molar-refractivity contribution is 0.101. The van der Waals surface area contributed by atoms with Gasteiger partial charge in [-0.1, -0.05) is 52.2 Å². The van der Waals surface area contributed by atoms with E-state index in [0.29, 0.717) is 0 Å². The van der Waals surface area contributed by atoms with Crippen molar-refractivity contribution >= 4 is 23.1 Å². The van der Waals surface area contributed by atoms with Crippen LogP contribution in [0.15, 0.2) is 47.4 Å². The molecule has 0 saturated heterocycles. The van der Waals surface area contributed by atoms with Gasteiger partial charge in [-0.2, -0.15) is 0 Å². The number of unbranched alkanes of at least 4 members (excludes halogenated alkanes) is 1. The fraction of sp³-hybridized carbons (Fsp3) is 0.500. The van der Waals surface area contributed by atoms with E-state index in [1.165, 1.54) is 23.3 Å². The summed E-state index contributed by atoms with van der Waals surface area (Å²) in [6.45, 7) is 6.52. The topological polar surface area (TPSA) is 49.5 Å². The average Bonchev–Trinajstić information content (AvgIpc) is 2.83. The number of fused-ring (bicyclic) bond motifs is 1. The molecule has 1 heterocycles. The van der Waals surface area contributed by atoms with Crippen molar-refractivity contribution in [2.45, 2.75) is 57.0 Å². The van der Waals surface area contributed by atoms with Gasteiger partial charge in [0.05, 0.1) is 6.10 Å². The average molecular weight is 401 g/mol. The van der Waals surface area contributed by atoms with Gasteiger partial charge in [-0.05, 0) is 47.4 Å². The van der Waals surface area contributed by atoms with Crippen molar-refractivity contribution in [3.8, 4) is 0 Å². The molecule has 154 valence electrons. The van der Waals surface area contributed by atoms with Crippen molar-refractivity contribution in [3.63, 3.8) is 0 Å². The monoisotopic (exact) mass is 400 g/mol. The van der Waals surface area contributed by atoms with Gasteiger partial charge in [0.15, 0.2) is 0 Å². The standard InChI is InChI=1S/C20H26N2OS.C4H10/c1-4-13-12-24-18-9-8-16(22(2)3)11-17(18)19(20(13)23)14-6-5-7-15(21)10-14;1-3-4-2/h5-11,13,19-20,23H,4,12,21H2,1-3H3;3-4H2,1-2H3. The van der Waals surface area contributed by atoms with Gasteiger partial charge in [0.1, 0.15) is 0 Å². The van der Waals surface area contributed by atoms with E-state index >= 15 is 0 Å². The lowest BCUT2D eigenvalue weighted by atomic mass is 9.80. The zero-order valence-electron chi connectivity index (χ0n) is 18.0. The lowest BCUT2D eigenvalue weighted by Gasteiger charge is -2.28. The van der Waals surface area contributed by atoms with Gasteiger partial charge in [0.25, 0.3) is 0 Å². The van der Waals surface area contributed by atoms with Crippen LogP contribution in [0.4, 0.5) is 11.4 Å². The first-order chi connectivity index (χ1) is 13.4. The van der Waals surface area contributed by atoms with Crippen molar-refractivity contribution in [1.29, 1.82) is 0 Å². The zero-order chi connectivity index (χ0) is 20.7. The predicted molar refractivity (Wildman–Crippen MR) is 125 cm³/mol. The Labute approximate surface area is 175 Å². The summed E-state index contributed by atoms with van der Waals surface area (Å²) in [6.07, 6.45) is 3.21. The third-order valence-corrected chi connectivity index (χ3v) is 6.69. The van der Waals surface area contributed by atoms with E-state index in [4.69, 9.17) is 5.73 Å². The quantitative estimate of drug-likeness (QED) is 0.640. The van der Waals surface area contributed by atoms with Crippen molar-refractivity contribution in [2.24, 2.45) is 5.92 Å². The van der Waals surface area contributed by atoms with Gasteiger partial charge in [0.2, 0.25) is 0 Å². The first-order valence-electron chi connectivity index (χ1n) is 10.4. The van der Waals surface area contributed by atoms with E-state index in [0.717, 1.165) is 29.1 Å². The maximum atomic E-state index is 11.2. The summed E-state index contributed by atoms with van der Waals surface area (Å²) in [5.74, 6) is 1.19. The van der Waals surface area contributed by atoms with Crippen LogP contribution in [0.1, 0.15) is 57.1 Å². The van der Waals surface area contributed by atoms with Crippen LogP contribution in [-0.4, -0.2) is 31.1 Å². The van der Waals surface area contributed by atoms with Gasteiger partial charge >= 0.3 is 0 Å². The number of nitrogens with zero attached hydrogens (tertiary/aromatic N) is 1. The number of rotatable bonds is 4. The first kappa shape index (κ1) is 22.6. The fourth-order valence-corrected chi connectivity index (χ4v) is 4.77. The Morgan fingerprint density at radius 2 is 1.79 bits per heavy atom. The maximum Gasteiger partial charge on any atom is 0.0685 e. The van der Waals surface area contributed by atoms with Crippen LogP contribution in [0.25, 0.3) is 0 Å². The Morgan fingerprint density at radius 3 is 2.36 bits per heavy atom. The SMILES string of the molecule is CCC1CSc2ccc(N(C)C)cc2C(c2cccc(N)c2)C1O.CCCC.